The lowest BCUT2D eigenvalue weighted by Crippen LogP contribution is -2.50. The third-order valence-corrected chi connectivity index (χ3v) is 5.71. The molecule has 0 rings (SSSR count). The van der Waals surface area contributed by atoms with Crippen LogP contribution < -0.4 is 0 Å². The molecule has 7 nitrogen and oxygen atoms in total. The van der Waals surface area contributed by atoms with Gasteiger partial charge in [0.25, 0.3) is 0 Å². The van der Waals surface area contributed by atoms with Crippen LogP contribution in [0.1, 0.15) is 105 Å². The highest BCUT2D eigenvalue weighted by atomic mass is 16.6. The van der Waals surface area contributed by atoms with E-state index in [-0.39, 0.29) is 12.8 Å². The Kier molecular flexibility index (Phi) is 15.2. The number of unbranched alkanes of at least 4 members (excludes halogenated alkanes) is 6. The van der Waals surface area contributed by atoms with Crippen LogP contribution in [0.25, 0.3) is 0 Å². The normalized spacial score (nSPS) is 15.7. The Bertz CT molecular complexity index is 462. The molecule has 4 N–H and O–H groups in total. The van der Waals surface area contributed by atoms with Crippen molar-refractivity contribution in [2.24, 2.45) is 11.8 Å². The quantitative estimate of drug-likeness (QED) is 0.144. The van der Waals surface area contributed by atoms with Crippen LogP contribution >= 0.6 is 0 Å². The second kappa shape index (κ2) is 15.7. The Morgan fingerprint density at radius 1 is 0.645 bits per heavy atom. The minimum atomic E-state index is -2.19. The van der Waals surface area contributed by atoms with Crippen molar-refractivity contribution in [3.05, 3.63) is 0 Å². The first kappa shape index (κ1) is 30.0. The number of aliphatic hydroxyl groups excluding tert-OH is 2. The van der Waals surface area contributed by atoms with Gasteiger partial charge in [-0.1, -0.05) is 79.1 Å². The van der Waals surface area contributed by atoms with Crippen molar-refractivity contribution in [1.82, 2.24) is 0 Å². The molecule has 0 heterocycles. The molecule has 0 aliphatic heterocycles. The van der Waals surface area contributed by atoms with Gasteiger partial charge in [0.1, 0.15) is 0 Å². The van der Waals surface area contributed by atoms with Crippen molar-refractivity contribution in [3.8, 4) is 0 Å². The van der Waals surface area contributed by atoms with Gasteiger partial charge >= 0.3 is 11.9 Å². The largest absolute Gasteiger partial charge is 0.393 e. The lowest BCUT2D eigenvalue weighted by molar-refractivity contribution is -0.190. The van der Waals surface area contributed by atoms with Gasteiger partial charge in [0.15, 0.2) is 11.2 Å². The average molecular weight is 447 g/mol. The molecule has 0 fully saturated rings. The highest BCUT2D eigenvalue weighted by Crippen LogP contribution is 2.22. The molecule has 0 amide bonds. The molecule has 184 valence electrons. The number of aliphatic hydroxyl groups is 4. The van der Waals surface area contributed by atoms with E-state index in [1.165, 1.54) is 0 Å². The highest BCUT2D eigenvalue weighted by Gasteiger charge is 2.43. The number of ether oxygens (including phenoxy) is 1. The van der Waals surface area contributed by atoms with Gasteiger partial charge in [0, 0.05) is 0 Å². The standard InChI is InChI=1S/C24H46O7/c1-19(2)13-9-5-7-11-15-23(29,17-25)21(27)31-22(28)24(30,18-26)16-12-8-6-10-14-20(3)4/h19-20,25-26,29-30H,5-18H2,1-4H3. The molecule has 7 heteroatoms. The van der Waals surface area contributed by atoms with Gasteiger partial charge in [-0.2, -0.15) is 0 Å². The van der Waals surface area contributed by atoms with E-state index < -0.39 is 36.4 Å². The maximum absolute atomic E-state index is 12.3. The molecule has 0 aromatic rings. The van der Waals surface area contributed by atoms with Gasteiger partial charge in [0.05, 0.1) is 13.2 Å². The summed E-state index contributed by atoms with van der Waals surface area (Å²) in [4.78, 5) is 24.6. The van der Waals surface area contributed by atoms with Gasteiger partial charge in [-0.05, 0) is 37.5 Å². The van der Waals surface area contributed by atoms with Gasteiger partial charge in [-0.15, -0.1) is 0 Å². The molecule has 0 aliphatic carbocycles. The van der Waals surface area contributed by atoms with E-state index in [4.69, 9.17) is 0 Å². The molecule has 0 saturated carbocycles. The molecular formula is C24H46O7. The number of carbonyl (C=O) groups excluding carboxylic acids is 2. The predicted octanol–water partition coefficient (Wildman–Crippen LogP) is 3.50. The summed E-state index contributed by atoms with van der Waals surface area (Å²) in [5, 5.41) is 39.8. The van der Waals surface area contributed by atoms with Gasteiger partial charge in [0.2, 0.25) is 0 Å². The van der Waals surface area contributed by atoms with Gasteiger partial charge < -0.3 is 25.2 Å². The number of rotatable bonds is 18. The fraction of sp³-hybridized carbons (Fsp3) is 0.917. The van der Waals surface area contributed by atoms with Gasteiger partial charge in [-0.25, -0.2) is 9.59 Å². The van der Waals surface area contributed by atoms with Crippen LogP contribution in [-0.2, 0) is 14.3 Å². The molecule has 0 spiro atoms. The summed E-state index contributed by atoms with van der Waals surface area (Å²) in [5.74, 6) is -1.32. The van der Waals surface area contributed by atoms with Crippen molar-refractivity contribution in [2.45, 2.75) is 116 Å². The van der Waals surface area contributed by atoms with E-state index >= 15 is 0 Å². The van der Waals surface area contributed by atoms with Crippen LogP contribution in [0.15, 0.2) is 0 Å². The van der Waals surface area contributed by atoms with E-state index in [2.05, 4.69) is 32.4 Å². The van der Waals surface area contributed by atoms with Crippen molar-refractivity contribution in [3.63, 3.8) is 0 Å². The molecule has 0 aromatic heterocycles. The summed E-state index contributed by atoms with van der Waals surface area (Å²) in [7, 11) is 0. The fourth-order valence-electron chi connectivity index (χ4n) is 3.41. The lowest BCUT2D eigenvalue weighted by atomic mass is 9.94. The zero-order chi connectivity index (χ0) is 23.9. The number of carbonyl (C=O) groups is 2. The Morgan fingerprint density at radius 2 is 0.968 bits per heavy atom. The summed E-state index contributed by atoms with van der Waals surface area (Å²) < 4.78 is 4.68. The number of esters is 2. The summed E-state index contributed by atoms with van der Waals surface area (Å²) in [5.41, 5.74) is -4.39. The fourth-order valence-corrected chi connectivity index (χ4v) is 3.41. The van der Waals surface area contributed by atoms with Crippen LogP contribution in [-0.4, -0.2) is 56.8 Å². The third-order valence-electron chi connectivity index (χ3n) is 5.71. The molecule has 0 bridgehead atoms. The maximum Gasteiger partial charge on any atom is 0.348 e. The molecule has 0 radical (unpaired) electrons. The zero-order valence-corrected chi connectivity index (χ0v) is 20.1. The van der Waals surface area contributed by atoms with Crippen LogP contribution in [0.3, 0.4) is 0 Å². The Morgan fingerprint density at radius 3 is 1.26 bits per heavy atom. The van der Waals surface area contributed by atoms with E-state index in [0.717, 1.165) is 51.4 Å². The molecular weight excluding hydrogens is 400 g/mol. The average Bonchev–Trinajstić information content (AvgIpc) is 2.71. The van der Waals surface area contributed by atoms with Crippen molar-refractivity contribution in [1.29, 1.82) is 0 Å². The van der Waals surface area contributed by atoms with E-state index in [1.54, 1.807) is 0 Å². The monoisotopic (exact) mass is 446 g/mol. The first-order valence-corrected chi connectivity index (χ1v) is 11.9. The molecule has 0 aliphatic rings. The second-order valence-corrected chi connectivity index (χ2v) is 9.75. The minimum absolute atomic E-state index is 0.0370. The van der Waals surface area contributed by atoms with Crippen molar-refractivity contribution < 1.29 is 34.8 Å². The highest BCUT2D eigenvalue weighted by molar-refractivity contribution is 5.94. The Hall–Kier alpha value is -1.02. The zero-order valence-electron chi connectivity index (χ0n) is 20.1. The second-order valence-electron chi connectivity index (χ2n) is 9.75. The first-order chi connectivity index (χ1) is 14.5. The number of hydrogen-bond acceptors (Lipinski definition) is 7. The molecule has 2 unspecified atom stereocenters. The molecule has 0 aromatic carbocycles. The molecule has 0 saturated heterocycles. The lowest BCUT2D eigenvalue weighted by Gasteiger charge is -2.27. The topological polar surface area (TPSA) is 124 Å². The minimum Gasteiger partial charge on any atom is -0.393 e. The maximum atomic E-state index is 12.3. The van der Waals surface area contributed by atoms with E-state index in [1.807, 2.05) is 0 Å². The van der Waals surface area contributed by atoms with Crippen LogP contribution in [0.2, 0.25) is 0 Å². The van der Waals surface area contributed by atoms with Gasteiger partial charge in [-0.3, -0.25) is 0 Å². The summed E-state index contributed by atoms with van der Waals surface area (Å²) in [6.45, 7) is 6.85. The van der Waals surface area contributed by atoms with Crippen molar-refractivity contribution in [2.75, 3.05) is 13.2 Å². The first-order valence-electron chi connectivity index (χ1n) is 11.9. The molecule has 2 atom stereocenters. The van der Waals surface area contributed by atoms with Crippen LogP contribution in [0, 0.1) is 11.8 Å². The Labute approximate surface area is 188 Å². The molecule has 31 heavy (non-hydrogen) atoms. The summed E-state index contributed by atoms with van der Waals surface area (Å²) >= 11 is 0. The van der Waals surface area contributed by atoms with Crippen LogP contribution in [0.5, 0.6) is 0 Å². The van der Waals surface area contributed by atoms with E-state index in [0.29, 0.717) is 24.7 Å². The smallest absolute Gasteiger partial charge is 0.348 e. The Balaban J connectivity index is 4.53. The van der Waals surface area contributed by atoms with E-state index in [9.17, 15) is 30.0 Å². The SMILES string of the molecule is CC(C)CCCCCCC(O)(CO)C(=O)OC(=O)C(O)(CO)CCCCCCC(C)C. The third kappa shape index (κ3) is 12.6. The van der Waals surface area contributed by atoms with Crippen LogP contribution in [0.4, 0.5) is 0 Å². The van der Waals surface area contributed by atoms with Crippen molar-refractivity contribution >= 4 is 11.9 Å². The summed E-state index contributed by atoms with van der Waals surface area (Å²) in [6, 6.07) is 0. The predicted molar refractivity (Wildman–Crippen MR) is 120 cm³/mol. The number of hydrogen-bond donors (Lipinski definition) is 4. The summed E-state index contributed by atoms with van der Waals surface area (Å²) in [6.07, 6.45) is 8.73.